The van der Waals surface area contributed by atoms with Crippen LogP contribution in [0, 0.1) is 5.92 Å². The molecule has 1 aliphatic carbocycles. The van der Waals surface area contributed by atoms with E-state index in [1.165, 1.54) is 19.3 Å². The van der Waals surface area contributed by atoms with Crippen LogP contribution in [-0.4, -0.2) is 12.6 Å². The smallest absolute Gasteiger partial charge is 0.318 e. The van der Waals surface area contributed by atoms with Gasteiger partial charge in [-0.25, -0.2) is 9.90 Å². The lowest BCUT2D eigenvalue weighted by atomic mass is 10.2. The summed E-state index contributed by atoms with van der Waals surface area (Å²) < 4.78 is 0. The van der Waals surface area contributed by atoms with Gasteiger partial charge in [-0.15, -0.1) is 0 Å². The predicted molar refractivity (Wildman–Crippen MR) is 36.0 cm³/mol. The molecule has 0 atom stereocenters. The minimum atomic E-state index is -1.16. The minimum Gasteiger partial charge on any atom is -0.318 e. The third kappa shape index (κ3) is 3.33. The lowest BCUT2D eigenvalue weighted by Gasteiger charge is -1.96. The second kappa shape index (κ2) is 3.44. The summed E-state index contributed by atoms with van der Waals surface area (Å²) in [5, 5.41) is 12.1. The highest BCUT2D eigenvalue weighted by molar-refractivity contribution is 5.63. The van der Waals surface area contributed by atoms with Gasteiger partial charge in [-0.3, -0.25) is 0 Å². The molecule has 1 aliphatic rings. The lowest BCUT2D eigenvalue weighted by molar-refractivity contribution is 0.168. The Balaban J connectivity index is 1.80. The Kier molecular flexibility index (Phi) is 2.54. The van der Waals surface area contributed by atoms with Crippen LogP contribution < -0.4 is 5.32 Å². The van der Waals surface area contributed by atoms with Crippen LogP contribution in [0.3, 0.4) is 0 Å². The van der Waals surface area contributed by atoms with Crippen LogP contribution in [0.2, 0.25) is 0 Å². The van der Waals surface area contributed by atoms with Crippen molar-refractivity contribution >= 4 is 6.09 Å². The van der Waals surface area contributed by atoms with Gasteiger partial charge in [0.25, 0.3) is 0 Å². The molecule has 1 rings (SSSR count). The molecule has 3 nitrogen and oxygen atoms in total. The Bertz CT molecular complexity index is 121. The fourth-order valence-electron chi connectivity index (χ4n) is 0.988. The molecule has 1 saturated carbocycles. The van der Waals surface area contributed by atoms with E-state index in [0.717, 1.165) is 12.3 Å². The number of hydrogen-bond acceptors (Lipinski definition) is 1. The first-order valence-electron chi connectivity index (χ1n) is 3.74. The van der Waals surface area contributed by atoms with Gasteiger partial charge in [0.2, 0.25) is 0 Å². The first kappa shape index (κ1) is 7.38. The largest absolute Gasteiger partial charge is 0.450 e. The quantitative estimate of drug-likeness (QED) is 0.591. The summed E-state index contributed by atoms with van der Waals surface area (Å²) in [6.07, 6.45) is 3.64. The highest BCUT2D eigenvalue weighted by atomic mass is 16.4. The van der Waals surface area contributed by atoms with Crippen LogP contribution in [0.1, 0.15) is 25.7 Å². The van der Waals surface area contributed by atoms with E-state index in [0.29, 0.717) is 6.54 Å². The normalized spacial score (nSPS) is 16.8. The van der Waals surface area contributed by atoms with E-state index < -0.39 is 6.09 Å². The summed E-state index contributed by atoms with van der Waals surface area (Å²) in [6, 6.07) is 0. The summed E-state index contributed by atoms with van der Waals surface area (Å²) in [4.78, 5) is 9.84. The molecule has 0 unspecified atom stereocenters. The van der Waals surface area contributed by atoms with Crippen molar-refractivity contribution in [2.75, 3.05) is 6.54 Å². The Hall–Kier alpha value is -0.730. The molecule has 0 saturated heterocycles. The first-order valence-corrected chi connectivity index (χ1v) is 3.74. The van der Waals surface area contributed by atoms with Gasteiger partial charge in [0, 0.05) is 6.54 Å². The number of amides is 1. The van der Waals surface area contributed by atoms with Gasteiger partial charge in [-0.2, -0.15) is 0 Å². The summed E-state index contributed by atoms with van der Waals surface area (Å²) in [5.41, 5.74) is 0. The van der Waals surface area contributed by atoms with Crippen molar-refractivity contribution in [1.29, 1.82) is 0 Å². The van der Waals surface area contributed by atoms with Gasteiger partial charge in [0.1, 0.15) is 0 Å². The summed E-state index contributed by atoms with van der Waals surface area (Å²) in [7, 11) is 0. The van der Waals surface area contributed by atoms with Crippen LogP contribution >= 0.6 is 0 Å². The van der Waals surface area contributed by atoms with Crippen LogP contribution in [0.4, 0.5) is 4.79 Å². The van der Waals surface area contributed by atoms with Crippen LogP contribution in [0.15, 0.2) is 0 Å². The summed E-state index contributed by atoms with van der Waals surface area (Å²) in [5.74, 6) is 0.892. The number of hydrogen-bond donors (Lipinski definition) is 1. The Labute approximate surface area is 60.4 Å². The maximum Gasteiger partial charge on any atom is 0.450 e. The third-order valence-corrected chi connectivity index (χ3v) is 1.76. The van der Waals surface area contributed by atoms with Crippen molar-refractivity contribution in [3.63, 3.8) is 0 Å². The van der Waals surface area contributed by atoms with Gasteiger partial charge < -0.3 is 5.32 Å². The molecule has 1 N–H and O–H groups in total. The van der Waals surface area contributed by atoms with E-state index in [1.807, 2.05) is 0 Å². The molecular weight excluding hydrogens is 130 g/mol. The van der Waals surface area contributed by atoms with E-state index in [9.17, 15) is 9.90 Å². The summed E-state index contributed by atoms with van der Waals surface area (Å²) in [6.45, 7) is 0.554. The SMILES string of the molecule is [O]C(=O)NCCCC1CC1. The van der Waals surface area contributed by atoms with Crippen molar-refractivity contribution in [2.45, 2.75) is 25.7 Å². The number of carbonyl (C=O) groups is 1. The molecule has 0 aromatic rings. The van der Waals surface area contributed by atoms with E-state index in [4.69, 9.17) is 0 Å². The molecular formula is C7H12NO2. The molecule has 3 heteroatoms. The molecule has 0 spiro atoms. The second-order valence-electron chi connectivity index (χ2n) is 2.80. The maximum atomic E-state index is 9.84. The molecule has 0 aromatic heterocycles. The van der Waals surface area contributed by atoms with E-state index in [2.05, 4.69) is 5.32 Å². The molecule has 0 aliphatic heterocycles. The topological polar surface area (TPSA) is 49.0 Å². The van der Waals surface area contributed by atoms with Gasteiger partial charge in [0.05, 0.1) is 0 Å². The van der Waals surface area contributed by atoms with Crippen molar-refractivity contribution in [3.8, 4) is 0 Å². The van der Waals surface area contributed by atoms with E-state index >= 15 is 0 Å². The zero-order chi connectivity index (χ0) is 7.40. The minimum absolute atomic E-state index is 0.554. The Morgan fingerprint density at radius 3 is 2.70 bits per heavy atom. The number of nitrogens with one attached hydrogen (secondary N) is 1. The second-order valence-corrected chi connectivity index (χ2v) is 2.80. The van der Waals surface area contributed by atoms with Gasteiger partial charge in [-0.1, -0.05) is 12.8 Å². The molecule has 0 aromatic carbocycles. The standard InChI is InChI=1S/C7H12NO2/c9-7(10)8-5-1-2-6-3-4-6/h6,8H,1-5H2. The molecule has 1 radical (unpaired) electrons. The van der Waals surface area contributed by atoms with Gasteiger partial charge >= 0.3 is 6.09 Å². The molecule has 0 heterocycles. The molecule has 10 heavy (non-hydrogen) atoms. The van der Waals surface area contributed by atoms with Crippen LogP contribution in [0.25, 0.3) is 0 Å². The predicted octanol–water partition coefficient (Wildman–Crippen LogP) is 1.32. The average molecular weight is 142 g/mol. The molecule has 0 bridgehead atoms. The van der Waals surface area contributed by atoms with E-state index in [1.54, 1.807) is 0 Å². The van der Waals surface area contributed by atoms with E-state index in [-0.39, 0.29) is 0 Å². The fraction of sp³-hybridized carbons (Fsp3) is 0.857. The summed E-state index contributed by atoms with van der Waals surface area (Å²) >= 11 is 0. The average Bonchev–Trinajstić information content (AvgIpc) is 2.62. The Morgan fingerprint density at radius 2 is 2.20 bits per heavy atom. The highest BCUT2D eigenvalue weighted by Gasteiger charge is 2.19. The molecule has 1 amide bonds. The highest BCUT2D eigenvalue weighted by Crippen LogP contribution is 2.33. The van der Waals surface area contributed by atoms with Gasteiger partial charge in [0.15, 0.2) is 0 Å². The van der Waals surface area contributed by atoms with Crippen molar-refractivity contribution < 1.29 is 9.90 Å². The first-order chi connectivity index (χ1) is 4.79. The van der Waals surface area contributed by atoms with Crippen molar-refractivity contribution in [2.24, 2.45) is 5.92 Å². The maximum absolute atomic E-state index is 9.84. The fourth-order valence-corrected chi connectivity index (χ4v) is 0.988. The third-order valence-electron chi connectivity index (χ3n) is 1.76. The zero-order valence-electron chi connectivity index (χ0n) is 5.93. The van der Waals surface area contributed by atoms with Crippen molar-refractivity contribution in [3.05, 3.63) is 0 Å². The molecule has 57 valence electrons. The van der Waals surface area contributed by atoms with Crippen molar-refractivity contribution in [1.82, 2.24) is 5.32 Å². The molecule has 1 fully saturated rings. The zero-order valence-corrected chi connectivity index (χ0v) is 5.93. The van der Waals surface area contributed by atoms with Gasteiger partial charge in [-0.05, 0) is 18.8 Å². The van der Waals surface area contributed by atoms with Crippen LogP contribution in [-0.2, 0) is 5.11 Å². The monoisotopic (exact) mass is 142 g/mol. The lowest BCUT2D eigenvalue weighted by Crippen LogP contribution is -2.20. The number of carbonyl (C=O) groups excluding carboxylic acids is 1. The Morgan fingerprint density at radius 1 is 1.50 bits per heavy atom. The number of rotatable bonds is 4. The van der Waals surface area contributed by atoms with Crippen LogP contribution in [0.5, 0.6) is 0 Å².